The van der Waals surface area contributed by atoms with E-state index in [0.717, 1.165) is 0 Å². The fourth-order valence-electron chi connectivity index (χ4n) is 1.65. The van der Waals surface area contributed by atoms with Crippen LogP contribution in [0.25, 0.3) is 0 Å². The van der Waals surface area contributed by atoms with Crippen molar-refractivity contribution in [1.82, 2.24) is 0 Å². The predicted molar refractivity (Wildman–Crippen MR) is 36.7 cm³/mol. The monoisotopic (exact) mass is 239 g/mol. The van der Waals surface area contributed by atoms with Crippen molar-refractivity contribution in [3.05, 3.63) is 0 Å². The molecule has 1 rings (SSSR count). The zero-order valence-corrected chi connectivity index (χ0v) is 7.34. The molecule has 0 bridgehead atoms. The van der Waals surface area contributed by atoms with E-state index in [1.165, 1.54) is 0 Å². The molecule has 0 saturated heterocycles. The fraction of sp³-hybridized carbons (Fsp3) is 1.00. The summed E-state index contributed by atoms with van der Waals surface area (Å²) in [4.78, 5) is 0. The second kappa shape index (κ2) is 2.99. The fourth-order valence-corrected chi connectivity index (χ4v) is 1.65. The number of halogens is 7. The van der Waals surface area contributed by atoms with Gasteiger partial charge in [0, 0.05) is 24.8 Å². The molecule has 1 aliphatic rings. The van der Waals surface area contributed by atoms with Crippen molar-refractivity contribution in [3.8, 4) is 0 Å². The Balaban J connectivity index is 2.64. The SMILES string of the molecule is NC1(CC(F)(F)C(F)(F)F)CC(F)(F)C1. The highest BCUT2D eigenvalue weighted by molar-refractivity contribution is 5.06. The lowest BCUT2D eigenvalue weighted by Crippen LogP contribution is -2.62. The van der Waals surface area contributed by atoms with E-state index in [1.807, 2.05) is 0 Å². The van der Waals surface area contributed by atoms with Gasteiger partial charge in [-0.25, -0.2) is 8.78 Å². The lowest BCUT2D eigenvalue weighted by atomic mass is 9.70. The maximum Gasteiger partial charge on any atom is 0.453 e. The third-order valence-electron chi connectivity index (χ3n) is 2.21. The minimum atomic E-state index is -5.75. The van der Waals surface area contributed by atoms with Gasteiger partial charge in [-0.3, -0.25) is 0 Å². The normalized spacial score (nSPS) is 24.8. The molecule has 0 aliphatic heterocycles. The van der Waals surface area contributed by atoms with Crippen molar-refractivity contribution in [1.29, 1.82) is 0 Å². The minimum absolute atomic E-state index is 1.13. The van der Waals surface area contributed by atoms with Gasteiger partial charge in [-0.1, -0.05) is 0 Å². The van der Waals surface area contributed by atoms with E-state index in [4.69, 9.17) is 5.73 Å². The summed E-state index contributed by atoms with van der Waals surface area (Å²) >= 11 is 0. The van der Waals surface area contributed by atoms with E-state index < -0.39 is 42.8 Å². The third-order valence-corrected chi connectivity index (χ3v) is 2.21. The Morgan fingerprint density at radius 3 is 1.67 bits per heavy atom. The van der Waals surface area contributed by atoms with Gasteiger partial charge in [0.05, 0.1) is 0 Å². The molecule has 1 fully saturated rings. The Labute approximate surface area is 80.4 Å². The zero-order chi connectivity index (χ0) is 12.1. The summed E-state index contributed by atoms with van der Waals surface area (Å²) in [6, 6.07) is 0. The van der Waals surface area contributed by atoms with Crippen LogP contribution in [-0.4, -0.2) is 23.6 Å². The van der Waals surface area contributed by atoms with Crippen molar-refractivity contribution in [2.45, 2.75) is 42.8 Å². The molecular weight excluding hydrogens is 231 g/mol. The van der Waals surface area contributed by atoms with Crippen LogP contribution in [0.4, 0.5) is 30.7 Å². The average molecular weight is 239 g/mol. The second-order valence-corrected chi connectivity index (χ2v) is 3.95. The summed E-state index contributed by atoms with van der Waals surface area (Å²) in [5, 5.41) is 0. The molecule has 1 aliphatic carbocycles. The number of alkyl halides is 7. The molecule has 90 valence electrons. The van der Waals surface area contributed by atoms with Crippen LogP contribution in [0.3, 0.4) is 0 Å². The van der Waals surface area contributed by atoms with Crippen LogP contribution in [0.15, 0.2) is 0 Å². The smallest absolute Gasteiger partial charge is 0.324 e. The summed E-state index contributed by atoms with van der Waals surface area (Å²) in [5.74, 6) is -8.24. The lowest BCUT2D eigenvalue weighted by Gasteiger charge is -2.46. The first kappa shape index (κ1) is 12.5. The molecule has 0 unspecified atom stereocenters. The standard InChI is InChI=1S/C7H8F7N/c8-5(9)1-4(15,2-5)3-6(10,11)7(12,13)14/h1-3,15H2. The quantitative estimate of drug-likeness (QED) is 0.736. The Hall–Kier alpha value is -0.530. The summed E-state index contributed by atoms with van der Waals surface area (Å²) in [7, 11) is 0. The van der Waals surface area contributed by atoms with E-state index in [-0.39, 0.29) is 0 Å². The van der Waals surface area contributed by atoms with Gasteiger partial charge in [0.2, 0.25) is 0 Å². The first-order chi connectivity index (χ1) is 6.37. The van der Waals surface area contributed by atoms with E-state index in [2.05, 4.69) is 0 Å². The molecule has 1 nitrogen and oxygen atoms in total. The van der Waals surface area contributed by atoms with E-state index >= 15 is 0 Å². The van der Waals surface area contributed by atoms with Gasteiger partial charge < -0.3 is 5.73 Å². The second-order valence-electron chi connectivity index (χ2n) is 3.95. The predicted octanol–water partition coefficient (Wildman–Crippen LogP) is 2.70. The highest BCUT2D eigenvalue weighted by atomic mass is 19.4. The minimum Gasteiger partial charge on any atom is -0.324 e. The van der Waals surface area contributed by atoms with Gasteiger partial charge in [0.1, 0.15) is 0 Å². The summed E-state index contributed by atoms with van der Waals surface area (Å²) in [6.07, 6.45) is -9.80. The molecule has 0 aromatic carbocycles. The van der Waals surface area contributed by atoms with Gasteiger partial charge in [0.25, 0.3) is 5.92 Å². The van der Waals surface area contributed by atoms with Crippen molar-refractivity contribution >= 4 is 0 Å². The van der Waals surface area contributed by atoms with Crippen molar-refractivity contribution < 1.29 is 30.7 Å². The number of nitrogens with two attached hydrogens (primary N) is 1. The Morgan fingerprint density at radius 1 is 1.00 bits per heavy atom. The maximum atomic E-state index is 12.4. The molecule has 0 amide bonds. The highest BCUT2D eigenvalue weighted by Gasteiger charge is 2.65. The maximum absolute atomic E-state index is 12.4. The Kier molecular flexibility index (Phi) is 2.50. The van der Waals surface area contributed by atoms with Crippen LogP contribution in [0, 0.1) is 0 Å². The van der Waals surface area contributed by atoms with E-state index in [0.29, 0.717) is 0 Å². The van der Waals surface area contributed by atoms with Crippen LogP contribution in [0.1, 0.15) is 19.3 Å². The van der Waals surface area contributed by atoms with Crippen LogP contribution < -0.4 is 5.73 Å². The molecule has 0 heterocycles. The van der Waals surface area contributed by atoms with Gasteiger partial charge in [-0.15, -0.1) is 0 Å². The van der Waals surface area contributed by atoms with Crippen molar-refractivity contribution in [2.24, 2.45) is 5.73 Å². The van der Waals surface area contributed by atoms with Crippen LogP contribution in [-0.2, 0) is 0 Å². The van der Waals surface area contributed by atoms with Crippen molar-refractivity contribution in [3.63, 3.8) is 0 Å². The highest BCUT2D eigenvalue weighted by Crippen LogP contribution is 2.51. The molecular formula is C7H8F7N. The van der Waals surface area contributed by atoms with Crippen LogP contribution in [0.2, 0.25) is 0 Å². The summed E-state index contributed by atoms with van der Waals surface area (Å²) < 4.78 is 84.7. The topological polar surface area (TPSA) is 26.0 Å². The van der Waals surface area contributed by atoms with Gasteiger partial charge in [-0.2, -0.15) is 22.0 Å². The van der Waals surface area contributed by atoms with Gasteiger partial charge in [0.15, 0.2) is 0 Å². The molecule has 0 spiro atoms. The molecule has 0 aromatic heterocycles. The third kappa shape index (κ3) is 2.53. The number of hydrogen-bond acceptors (Lipinski definition) is 1. The Bertz CT molecular complexity index is 249. The van der Waals surface area contributed by atoms with E-state index in [1.54, 1.807) is 0 Å². The van der Waals surface area contributed by atoms with Crippen LogP contribution >= 0.6 is 0 Å². The molecule has 8 heteroatoms. The zero-order valence-electron chi connectivity index (χ0n) is 7.34. The molecule has 0 atom stereocenters. The molecule has 15 heavy (non-hydrogen) atoms. The van der Waals surface area contributed by atoms with E-state index in [9.17, 15) is 30.7 Å². The van der Waals surface area contributed by atoms with Crippen LogP contribution in [0.5, 0.6) is 0 Å². The van der Waals surface area contributed by atoms with Gasteiger partial charge >= 0.3 is 12.1 Å². The molecule has 0 aromatic rings. The Morgan fingerprint density at radius 2 is 1.40 bits per heavy atom. The summed E-state index contributed by atoms with van der Waals surface area (Å²) in [5.41, 5.74) is 2.88. The number of hydrogen-bond donors (Lipinski definition) is 1. The van der Waals surface area contributed by atoms with Crippen molar-refractivity contribution in [2.75, 3.05) is 0 Å². The molecule has 2 N–H and O–H groups in total. The number of rotatable bonds is 2. The van der Waals surface area contributed by atoms with Gasteiger partial charge in [-0.05, 0) is 0 Å². The largest absolute Gasteiger partial charge is 0.453 e. The first-order valence-corrected chi connectivity index (χ1v) is 3.98. The summed E-state index contributed by atoms with van der Waals surface area (Å²) in [6.45, 7) is 0. The molecule has 0 radical (unpaired) electrons. The first-order valence-electron chi connectivity index (χ1n) is 3.98. The average Bonchev–Trinajstić information content (AvgIpc) is 1.75. The molecule has 1 saturated carbocycles. The lowest BCUT2D eigenvalue weighted by molar-refractivity contribution is -0.296.